The number of nitro groups is 1. The van der Waals surface area contributed by atoms with Crippen molar-refractivity contribution in [1.82, 2.24) is 14.8 Å². The lowest BCUT2D eigenvalue weighted by molar-refractivity contribution is -0.385. The predicted octanol–water partition coefficient (Wildman–Crippen LogP) is 2.29. The highest BCUT2D eigenvalue weighted by Gasteiger charge is 2.15. The number of nitrogens with zero attached hydrogens (tertiary/aromatic N) is 4. The van der Waals surface area contributed by atoms with Crippen LogP contribution in [0.2, 0.25) is 0 Å². The van der Waals surface area contributed by atoms with Crippen LogP contribution in [0.15, 0.2) is 24.5 Å². The highest BCUT2D eigenvalue weighted by molar-refractivity contribution is 5.79. The predicted molar refractivity (Wildman–Crippen MR) is 74.2 cm³/mol. The third kappa shape index (κ3) is 2.66. The molecule has 0 fully saturated rings. The number of hydrogen-bond acceptors (Lipinski definition) is 5. The van der Waals surface area contributed by atoms with E-state index in [-0.39, 0.29) is 11.4 Å². The van der Waals surface area contributed by atoms with Crippen LogP contribution in [0.3, 0.4) is 0 Å². The average molecular weight is 274 g/mol. The van der Waals surface area contributed by atoms with E-state index in [0.717, 1.165) is 11.1 Å². The van der Waals surface area contributed by atoms with Crippen molar-refractivity contribution in [3.8, 4) is 5.75 Å². The Morgan fingerprint density at radius 2 is 2.25 bits per heavy atom. The van der Waals surface area contributed by atoms with E-state index in [1.165, 1.54) is 13.2 Å². The van der Waals surface area contributed by atoms with Crippen molar-refractivity contribution in [2.24, 2.45) is 7.05 Å². The molecule has 0 aliphatic rings. The van der Waals surface area contributed by atoms with E-state index in [0.29, 0.717) is 5.82 Å². The molecule has 104 valence electrons. The highest BCUT2D eigenvalue weighted by atomic mass is 16.6. The Morgan fingerprint density at radius 3 is 2.80 bits per heavy atom. The molecule has 0 radical (unpaired) electrons. The molecule has 20 heavy (non-hydrogen) atoms. The summed E-state index contributed by atoms with van der Waals surface area (Å²) >= 11 is 0. The molecule has 1 aromatic carbocycles. The quantitative estimate of drug-likeness (QED) is 0.631. The summed E-state index contributed by atoms with van der Waals surface area (Å²) in [5, 5.41) is 18.7. The van der Waals surface area contributed by atoms with Gasteiger partial charge in [-0.2, -0.15) is 0 Å². The fourth-order valence-corrected chi connectivity index (χ4v) is 1.78. The number of hydrogen-bond donors (Lipinski definition) is 0. The molecule has 2 rings (SSSR count). The number of aryl methyl sites for hydroxylation is 1. The van der Waals surface area contributed by atoms with Crippen LogP contribution in [0.1, 0.15) is 18.3 Å². The molecule has 0 unspecified atom stereocenters. The first kappa shape index (κ1) is 13.7. The molecular formula is C13H14N4O3. The molecular weight excluding hydrogens is 260 g/mol. The van der Waals surface area contributed by atoms with E-state index < -0.39 is 4.92 Å². The smallest absolute Gasteiger partial charge is 0.311 e. The molecule has 0 N–H and O–H groups in total. The lowest BCUT2D eigenvalue weighted by Gasteiger charge is -2.05. The fraction of sp³-hybridized carbons (Fsp3) is 0.231. The monoisotopic (exact) mass is 274 g/mol. The van der Waals surface area contributed by atoms with Crippen molar-refractivity contribution in [2.75, 3.05) is 7.11 Å². The van der Waals surface area contributed by atoms with E-state index in [1.807, 2.05) is 20.0 Å². The Labute approximate surface area is 115 Å². The zero-order valence-corrected chi connectivity index (χ0v) is 11.4. The maximum absolute atomic E-state index is 11.0. The lowest BCUT2D eigenvalue weighted by Crippen LogP contribution is -1.95. The summed E-state index contributed by atoms with van der Waals surface area (Å²) in [6.07, 6.45) is 3.41. The van der Waals surface area contributed by atoms with Crippen LogP contribution >= 0.6 is 0 Å². The number of methoxy groups -OCH3 is 1. The SMILES string of the molecule is COc1ccc(/C(C)=C/c2nncn2C)cc1[N+](=O)[O-]. The van der Waals surface area contributed by atoms with Crippen molar-refractivity contribution < 1.29 is 9.66 Å². The zero-order valence-electron chi connectivity index (χ0n) is 11.4. The molecule has 0 aliphatic heterocycles. The van der Waals surface area contributed by atoms with Crippen LogP contribution in [0.4, 0.5) is 5.69 Å². The second kappa shape index (κ2) is 5.52. The molecule has 0 amide bonds. The van der Waals surface area contributed by atoms with Crippen molar-refractivity contribution in [2.45, 2.75) is 6.92 Å². The van der Waals surface area contributed by atoms with Gasteiger partial charge in [-0.15, -0.1) is 10.2 Å². The minimum absolute atomic E-state index is 0.0595. The topological polar surface area (TPSA) is 83.1 Å². The summed E-state index contributed by atoms with van der Waals surface area (Å²) in [6.45, 7) is 1.86. The number of rotatable bonds is 4. The normalized spacial score (nSPS) is 11.4. The summed E-state index contributed by atoms with van der Waals surface area (Å²) in [7, 11) is 3.24. The standard InChI is InChI=1S/C13H14N4O3/c1-9(6-13-15-14-8-16(13)2)10-4-5-12(20-3)11(7-10)17(18)19/h4-8H,1-3H3/b9-6+. The maximum Gasteiger partial charge on any atom is 0.311 e. The Hall–Kier alpha value is -2.70. The van der Waals surface area contributed by atoms with Crippen LogP contribution in [0.5, 0.6) is 5.75 Å². The van der Waals surface area contributed by atoms with Gasteiger partial charge in [-0.25, -0.2) is 0 Å². The van der Waals surface area contributed by atoms with Gasteiger partial charge in [-0.1, -0.05) is 6.07 Å². The summed E-state index contributed by atoms with van der Waals surface area (Å²) in [5.74, 6) is 0.922. The summed E-state index contributed by atoms with van der Waals surface area (Å²) in [5.41, 5.74) is 1.53. The van der Waals surface area contributed by atoms with Gasteiger partial charge < -0.3 is 9.30 Å². The molecule has 1 heterocycles. The highest BCUT2D eigenvalue weighted by Crippen LogP contribution is 2.30. The van der Waals surface area contributed by atoms with Crippen LogP contribution < -0.4 is 4.74 Å². The van der Waals surface area contributed by atoms with Crippen molar-refractivity contribution in [1.29, 1.82) is 0 Å². The lowest BCUT2D eigenvalue weighted by atomic mass is 10.1. The van der Waals surface area contributed by atoms with Gasteiger partial charge in [0.25, 0.3) is 0 Å². The molecule has 7 nitrogen and oxygen atoms in total. The summed E-state index contributed by atoms with van der Waals surface area (Å²) in [4.78, 5) is 10.5. The molecule has 0 spiro atoms. The second-order valence-electron chi connectivity index (χ2n) is 4.27. The number of benzene rings is 1. The van der Waals surface area contributed by atoms with Gasteiger partial charge in [-0.3, -0.25) is 10.1 Å². The van der Waals surface area contributed by atoms with E-state index in [1.54, 1.807) is 23.0 Å². The van der Waals surface area contributed by atoms with Gasteiger partial charge in [0, 0.05) is 13.1 Å². The average Bonchev–Trinajstić information content (AvgIpc) is 2.83. The first-order chi connectivity index (χ1) is 9.52. The minimum atomic E-state index is -0.460. The summed E-state index contributed by atoms with van der Waals surface area (Å²) in [6, 6.07) is 4.84. The van der Waals surface area contributed by atoms with Gasteiger partial charge in [0.05, 0.1) is 12.0 Å². The van der Waals surface area contributed by atoms with E-state index in [4.69, 9.17) is 4.74 Å². The van der Waals surface area contributed by atoms with E-state index in [2.05, 4.69) is 10.2 Å². The van der Waals surface area contributed by atoms with Crippen LogP contribution in [0, 0.1) is 10.1 Å². The molecule has 0 atom stereocenters. The van der Waals surface area contributed by atoms with Gasteiger partial charge in [0.1, 0.15) is 6.33 Å². The molecule has 2 aromatic rings. The van der Waals surface area contributed by atoms with Crippen LogP contribution in [0.25, 0.3) is 11.6 Å². The number of nitro benzene ring substituents is 1. The largest absolute Gasteiger partial charge is 0.490 e. The van der Waals surface area contributed by atoms with Gasteiger partial charge in [0.2, 0.25) is 0 Å². The molecule has 0 aliphatic carbocycles. The van der Waals surface area contributed by atoms with Crippen LogP contribution in [-0.4, -0.2) is 26.8 Å². The van der Waals surface area contributed by atoms with Crippen molar-refractivity contribution in [3.63, 3.8) is 0 Å². The molecule has 1 aromatic heterocycles. The van der Waals surface area contributed by atoms with Crippen LogP contribution in [-0.2, 0) is 7.05 Å². The fourth-order valence-electron chi connectivity index (χ4n) is 1.78. The number of allylic oxidation sites excluding steroid dienone is 1. The Balaban J connectivity index is 2.43. The van der Waals surface area contributed by atoms with Crippen molar-refractivity contribution in [3.05, 3.63) is 46.0 Å². The number of aromatic nitrogens is 3. The molecule has 0 saturated carbocycles. The van der Waals surface area contributed by atoms with E-state index in [9.17, 15) is 10.1 Å². The van der Waals surface area contributed by atoms with Gasteiger partial charge >= 0.3 is 5.69 Å². The van der Waals surface area contributed by atoms with Crippen molar-refractivity contribution >= 4 is 17.3 Å². The zero-order chi connectivity index (χ0) is 14.7. The Morgan fingerprint density at radius 1 is 1.50 bits per heavy atom. The first-order valence-corrected chi connectivity index (χ1v) is 5.88. The van der Waals surface area contributed by atoms with E-state index >= 15 is 0 Å². The first-order valence-electron chi connectivity index (χ1n) is 5.88. The summed E-state index contributed by atoms with van der Waals surface area (Å²) < 4.78 is 6.74. The molecule has 0 bridgehead atoms. The Bertz CT molecular complexity index is 676. The maximum atomic E-state index is 11.0. The second-order valence-corrected chi connectivity index (χ2v) is 4.27. The number of ether oxygens (including phenoxy) is 1. The molecule has 0 saturated heterocycles. The minimum Gasteiger partial charge on any atom is -0.490 e. The third-order valence-corrected chi connectivity index (χ3v) is 2.92. The third-order valence-electron chi connectivity index (χ3n) is 2.92. The van der Waals surface area contributed by atoms with Gasteiger partial charge in [-0.05, 0) is 30.2 Å². The van der Waals surface area contributed by atoms with Gasteiger partial charge in [0.15, 0.2) is 11.6 Å². The molecule has 7 heteroatoms. The Kier molecular flexibility index (Phi) is 3.79.